The van der Waals surface area contributed by atoms with Gasteiger partial charge in [-0.05, 0) is 29.3 Å². The Hall–Kier alpha value is -3.09. The third-order valence-corrected chi connectivity index (χ3v) is 3.54. The summed E-state index contributed by atoms with van der Waals surface area (Å²) in [6, 6.07) is 11.3. The smallest absolute Gasteiger partial charge is 0.404 e. The topological polar surface area (TPSA) is 87.1 Å². The number of benzene rings is 2. The van der Waals surface area contributed by atoms with Gasteiger partial charge in [-0.15, -0.1) is 0 Å². The number of carbonyl (C=O) groups is 1. The van der Waals surface area contributed by atoms with Crippen LogP contribution in [0, 0.1) is 5.82 Å². The van der Waals surface area contributed by atoms with Gasteiger partial charge in [-0.25, -0.2) is 14.0 Å². The van der Waals surface area contributed by atoms with Gasteiger partial charge in [-0.2, -0.15) is 0 Å². The summed E-state index contributed by atoms with van der Waals surface area (Å²) >= 11 is 0. The molecule has 1 amide bonds. The Bertz CT molecular complexity index is 912. The van der Waals surface area contributed by atoms with Crippen molar-refractivity contribution >= 4 is 17.1 Å². The highest BCUT2D eigenvalue weighted by Crippen LogP contribution is 2.14. The molecule has 0 saturated carbocycles. The molecular weight excluding hydrogens is 301 g/mol. The van der Waals surface area contributed by atoms with E-state index in [-0.39, 0.29) is 12.2 Å². The van der Waals surface area contributed by atoms with Crippen molar-refractivity contribution in [2.45, 2.75) is 13.1 Å². The lowest BCUT2D eigenvalue weighted by molar-refractivity contribution is 0.194. The molecule has 3 N–H and O–H groups in total. The van der Waals surface area contributed by atoms with Gasteiger partial charge in [-0.3, -0.25) is 4.57 Å². The second kappa shape index (κ2) is 5.96. The van der Waals surface area contributed by atoms with E-state index in [1.54, 1.807) is 12.1 Å². The number of carboxylic acid groups (broad SMARTS) is 1. The van der Waals surface area contributed by atoms with E-state index >= 15 is 0 Å². The first-order chi connectivity index (χ1) is 11.0. The van der Waals surface area contributed by atoms with Gasteiger partial charge in [0.1, 0.15) is 5.82 Å². The van der Waals surface area contributed by atoms with E-state index in [0.29, 0.717) is 17.6 Å². The fourth-order valence-corrected chi connectivity index (χ4v) is 2.41. The van der Waals surface area contributed by atoms with Crippen molar-refractivity contribution in [3.05, 3.63) is 69.9 Å². The predicted molar refractivity (Wildman–Crippen MR) is 82.9 cm³/mol. The minimum absolute atomic E-state index is 0.216. The number of H-pyrrole nitrogens is 1. The number of aromatic amines is 1. The van der Waals surface area contributed by atoms with Gasteiger partial charge >= 0.3 is 11.8 Å². The monoisotopic (exact) mass is 315 g/mol. The van der Waals surface area contributed by atoms with Crippen LogP contribution in [0.3, 0.4) is 0 Å². The fraction of sp³-hybridized carbons (Fsp3) is 0.125. The fourth-order valence-electron chi connectivity index (χ4n) is 2.41. The van der Waals surface area contributed by atoms with Crippen molar-refractivity contribution in [2.24, 2.45) is 0 Å². The maximum Gasteiger partial charge on any atom is 0.404 e. The molecular formula is C16H14FN3O3. The van der Waals surface area contributed by atoms with Crippen LogP contribution in [0.15, 0.2) is 47.3 Å². The largest absolute Gasteiger partial charge is 0.465 e. The van der Waals surface area contributed by atoms with E-state index in [2.05, 4.69) is 10.3 Å². The lowest BCUT2D eigenvalue weighted by Crippen LogP contribution is -2.20. The zero-order chi connectivity index (χ0) is 16.4. The molecule has 118 valence electrons. The molecule has 1 aromatic heterocycles. The molecule has 0 aliphatic rings. The maximum atomic E-state index is 13.4. The average Bonchev–Trinajstić information content (AvgIpc) is 2.82. The van der Waals surface area contributed by atoms with Crippen LogP contribution >= 0.6 is 0 Å². The van der Waals surface area contributed by atoms with Crippen LogP contribution in [0.25, 0.3) is 11.0 Å². The Labute approximate surface area is 130 Å². The van der Waals surface area contributed by atoms with E-state index in [1.807, 2.05) is 12.1 Å². The molecule has 0 radical (unpaired) electrons. The molecule has 23 heavy (non-hydrogen) atoms. The summed E-state index contributed by atoms with van der Waals surface area (Å²) in [5, 5.41) is 10.9. The maximum absolute atomic E-state index is 13.4. The van der Waals surface area contributed by atoms with Crippen LogP contribution in [-0.4, -0.2) is 20.8 Å². The number of rotatable bonds is 4. The normalized spacial score (nSPS) is 10.8. The van der Waals surface area contributed by atoms with E-state index in [1.165, 1.54) is 22.8 Å². The first kappa shape index (κ1) is 14.8. The Morgan fingerprint density at radius 1 is 1.17 bits per heavy atom. The molecule has 0 aliphatic carbocycles. The van der Waals surface area contributed by atoms with Crippen molar-refractivity contribution in [3.63, 3.8) is 0 Å². The minimum atomic E-state index is -1.08. The Kier molecular flexibility index (Phi) is 3.84. The number of nitrogens with zero attached hydrogens (tertiary/aromatic N) is 1. The van der Waals surface area contributed by atoms with E-state index in [9.17, 15) is 14.0 Å². The lowest BCUT2D eigenvalue weighted by atomic mass is 10.1. The molecule has 0 atom stereocenters. The number of aromatic nitrogens is 2. The zero-order valence-corrected chi connectivity index (χ0v) is 12.0. The van der Waals surface area contributed by atoms with Crippen molar-refractivity contribution < 1.29 is 14.3 Å². The second-order valence-corrected chi connectivity index (χ2v) is 5.15. The van der Waals surface area contributed by atoms with Crippen LogP contribution in [0.4, 0.5) is 9.18 Å². The number of halogens is 1. The first-order valence-electron chi connectivity index (χ1n) is 6.95. The van der Waals surface area contributed by atoms with Gasteiger partial charge in [0.2, 0.25) is 0 Å². The van der Waals surface area contributed by atoms with E-state index in [4.69, 9.17) is 5.11 Å². The molecule has 0 spiro atoms. The molecule has 0 bridgehead atoms. The summed E-state index contributed by atoms with van der Waals surface area (Å²) in [5.41, 5.74) is 2.46. The number of hydrogen-bond acceptors (Lipinski definition) is 2. The minimum Gasteiger partial charge on any atom is -0.465 e. The number of imidazole rings is 1. The second-order valence-electron chi connectivity index (χ2n) is 5.15. The molecule has 7 heteroatoms. The molecule has 3 aromatic rings. The summed E-state index contributed by atoms with van der Waals surface area (Å²) < 4.78 is 14.8. The third-order valence-electron chi connectivity index (χ3n) is 3.54. The summed E-state index contributed by atoms with van der Waals surface area (Å²) in [6.07, 6.45) is -1.08. The van der Waals surface area contributed by atoms with Crippen LogP contribution in [0.2, 0.25) is 0 Å². The summed E-state index contributed by atoms with van der Waals surface area (Å²) in [4.78, 5) is 25.1. The summed E-state index contributed by atoms with van der Waals surface area (Å²) in [6.45, 7) is 0.517. The number of fused-ring (bicyclic) bond motifs is 1. The highest BCUT2D eigenvalue weighted by molar-refractivity contribution is 5.75. The molecule has 3 rings (SSSR count). The Morgan fingerprint density at radius 2 is 1.87 bits per heavy atom. The van der Waals surface area contributed by atoms with Gasteiger partial charge in [-0.1, -0.05) is 24.3 Å². The molecule has 2 aromatic carbocycles. The molecule has 0 saturated heterocycles. The molecule has 0 unspecified atom stereocenters. The lowest BCUT2D eigenvalue weighted by Gasteiger charge is -2.06. The zero-order valence-electron chi connectivity index (χ0n) is 12.0. The Balaban J connectivity index is 1.84. The molecule has 1 heterocycles. The summed E-state index contributed by atoms with van der Waals surface area (Å²) in [5.74, 6) is -0.402. The van der Waals surface area contributed by atoms with Gasteiger partial charge in [0.05, 0.1) is 17.6 Å². The van der Waals surface area contributed by atoms with E-state index < -0.39 is 11.9 Å². The van der Waals surface area contributed by atoms with Gasteiger partial charge in [0.15, 0.2) is 0 Å². The van der Waals surface area contributed by atoms with Crippen LogP contribution in [0.5, 0.6) is 0 Å². The predicted octanol–water partition coefficient (Wildman–Crippen LogP) is 2.28. The highest BCUT2D eigenvalue weighted by Gasteiger charge is 2.08. The van der Waals surface area contributed by atoms with Crippen molar-refractivity contribution in [1.82, 2.24) is 14.9 Å². The quantitative estimate of drug-likeness (QED) is 0.690. The van der Waals surface area contributed by atoms with Gasteiger partial charge in [0.25, 0.3) is 0 Å². The van der Waals surface area contributed by atoms with Gasteiger partial charge < -0.3 is 15.4 Å². The molecule has 0 aliphatic heterocycles. The van der Waals surface area contributed by atoms with Crippen LogP contribution in [-0.2, 0) is 13.1 Å². The van der Waals surface area contributed by atoms with E-state index in [0.717, 1.165) is 11.1 Å². The third kappa shape index (κ3) is 3.23. The van der Waals surface area contributed by atoms with Gasteiger partial charge in [0, 0.05) is 6.54 Å². The van der Waals surface area contributed by atoms with Crippen LogP contribution in [0.1, 0.15) is 11.1 Å². The highest BCUT2D eigenvalue weighted by atomic mass is 19.1. The molecule has 0 fully saturated rings. The number of hydrogen-bond donors (Lipinski definition) is 3. The first-order valence-corrected chi connectivity index (χ1v) is 6.95. The van der Waals surface area contributed by atoms with Crippen molar-refractivity contribution in [2.75, 3.05) is 0 Å². The Morgan fingerprint density at radius 3 is 2.57 bits per heavy atom. The van der Waals surface area contributed by atoms with Crippen molar-refractivity contribution in [1.29, 1.82) is 0 Å². The number of amides is 1. The number of nitrogens with one attached hydrogen (secondary N) is 2. The SMILES string of the molecule is O=C(O)NCc1ccc(Cn2c(=O)[nH]c3ccc(F)cc32)cc1. The molecule has 6 nitrogen and oxygen atoms in total. The average molecular weight is 315 g/mol. The summed E-state index contributed by atoms with van der Waals surface area (Å²) in [7, 11) is 0. The van der Waals surface area contributed by atoms with Crippen LogP contribution < -0.4 is 11.0 Å². The van der Waals surface area contributed by atoms with Crippen molar-refractivity contribution in [3.8, 4) is 0 Å². The standard InChI is InChI=1S/C16H14FN3O3/c17-12-5-6-13-14(7-12)20(15(21)19-13)9-11-3-1-10(2-4-11)8-18-16(22)23/h1-7,18H,8-9H2,(H,19,21)(H,22,23).